The van der Waals surface area contributed by atoms with E-state index in [9.17, 15) is 4.79 Å². The highest BCUT2D eigenvalue weighted by molar-refractivity contribution is 5.89. The van der Waals surface area contributed by atoms with Crippen molar-refractivity contribution in [3.8, 4) is 5.75 Å². The van der Waals surface area contributed by atoms with Crippen molar-refractivity contribution in [2.45, 2.75) is 25.0 Å². The van der Waals surface area contributed by atoms with E-state index in [1.54, 1.807) is 19.2 Å². The van der Waals surface area contributed by atoms with Gasteiger partial charge in [-0.2, -0.15) is 0 Å². The maximum atomic E-state index is 12.1. The molecule has 1 fully saturated rings. The van der Waals surface area contributed by atoms with Gasteiger partial charge >= 0.3 is 5.97 Å². The van der Waals surface area contributed by atoms with Crippen LogP contribution in [-0.4, -0.2) is 31.8 Å². The van der Waals surface area contributed by atoms with Crippen LogP contribution in [0.2, 0.25) is 0 Å². The molecule has 2 aromatic rings. The fourth-order valence-corrected chi connectivity index (χ4v) is 2.87. The van der Waals surface area contributed by atoms with Crippen LogP contribution in [0.5, 0.6) is 5.75 Å². The van der Waals surface area contributed by atoms with Gasteiger partial charge in [0.2, 0.25) is 0 Å². The Morgan fingerprint density at radius 3 is 2.57 bits per heavy atom. The first-order valence-electron chi connectivity index (χ1n) is 7.87. The molecule has 1 N–H and O–H groups in total. The van der Waals surface area contributed by atoms with Crippen molar-refractivity contribution in [1.82, 2.24) is 5.32 Å². The number of carbonyl (C=O) groups excluding carboxylic acids is 1. The molecule has 0 aromatic heterocycles. The van der Waals surface area contributed by atoms with Crippen LogP contribution in [0.3, 0.4) is 0 Å². The van der Waals surface area contributed by atoms with Crippen molar-refractivity contribution in [2.75, 3.05) is 13.7 Å². The van der Waals surface area contributed by atoms with Crippen molar-refractivity contribution in [2.24, 2.45) is 0 Å². The van der Waals surface area contributed by atoms with Crippen molar-refractivity contribution < 1.29 is 14.3 Å². The monoisotopic (exact) mass is 311 g/mol. The lowest BCUT2D eigenvalue weighted by Gasteiger charge is -2.12. The molecule has 4 nitrogen and oxygen atoms in total. The normalized spacial score (nSPS) is 20.2. The molecule has 0 aliphatic carbocycles. The first kappa shape index (κ1) is 15.6. The van der Waals surface area contributed by atoms with Gasteiger partial charge in [-0.15, -0.1) is 0 Å². The Balaban J connectivity index is 1.51. The van der Waals surface area contributed by atoms with E-state index in [-0.39, 0.29) is 12.1 Å². The number of hydrogen-bond donors (Lipinski definition) is 1. The van der Waals surface area contributed by atoms with Gasteiger partial charge in [0, 0.05) is 19.0 Å². The smallest absolute Gasteiger partial charge is 0.338 e. The number of esters is 1. The fourth-order valence-electron chi connectivity index (χ4n) is 2.87. The fraction of sp³-hybridized carbons (Fsp3) is 0.316. The number of ether oxygens (including phenoxy) is 2. The lowest BCUT2D eigenvalue weighted by molar-refractivity contribution is 0.0340. The Morgan fingerprint density at radius 1 is 1.13 bits per heavy atom. The summed E-state index contributed by atoms with van der Waals surface area (Å²) in [6, 6.07) is 17.5. The quantitative estimate of drug-likeness (QED) is 0.863. The largest absolute Gasteiger partial charge is 0.497 e. The summed E-state index contributed by atoms with van der Waals surface area (Å²) in [5.41, 5.74) is 1.85. The summed E-state index contributed by atoms with van der Waals surface area (Å²) < 4.78 is 10.7. The number of rotatable bonds is 5. The molecule has 2 aromatic carbocycles. The first-order chi connectivity index (χ1) is 11.2. The van der Waals surface area contributed by atoms with E-state index in [0.29, 0.717) is 18.2 Å². The van der Waals surface area contributed by atoms with Gasteiger partial charge in [0.25, 0.3) is 0 Å². The van der Waals surface area contributed by atoms with Gasteiger partial charge in [-0.3, -0.25) is 0 Å². The molecule has 4 heteroatoms. The van der Waals surface area contributed by atoms with Crippen LogP contribution in [0.1, 0.15) is 22.3 Å². The summed E-state index contributed by atoms with van der Waals surface area (Å²) in [4.78, 5) is 12.1. The standard InChI is InChI=1S/C19H21NO3/c1-22-17-9-7-14(8-10-17)11-16-12-18(13-20-16)23-19(21)15-5-3-2-4-6-15/h2-10,16,18,20H,11-13H2,1H3. The molecular formula is C19H21NO3. The summed E-state index contributed by atoms with van der Waals surface area (Å²) in [7, 11) is 1.67. The van der Waals surface area contributed by atoms with Gasteiger partial charge in [-0.05, 0) is 36.2 Å². The SMILES string of the molecule is COc1ccc(CC2CC(OC(=O)c3ccccc3)CN2)cc1. The minimum Gasteiger partial charge on any atom is -0.497 e. The van der Waals surface area contributed by atoms with Crippen molar-refractivity contribution in [1.29, 1.82) is 0 Å². The van der Waals surface area contributed by atoms with Gasteiger partial charge in [-0.1, -0.05) is 30.3 Å². The molecule has 120 valence electrons. The van der Waals surface area contributed by atoms with Crippen molar-refractivity contribution in [3.05, 3.63) is 65.7 Å². The van der Waals surface area contributed by atoms with Crippen LogP contribution in [0.25, 0.3) is 0 Å². The van der Waals surface area contributed by atoms with Crippen LogP contribution in [0, 0.1) is 0 Å². The average Bonchev–Trinajstić information content (AvgIpc) is 3.03. The maximum absolute atomic E-state index is 12.1. The van der Waals surface area contributed by atoms with Crippen molar-refractivity contribution >= 4 is 5.97 Å². The number of methoxy groups -OCH3 is 1. The predicted octanol–water partition coefficient (Wildman–Crippen LogP) is 2.83. The third kappa shape index (κ3) is 4.11. The molecule has 1 aliphatic heterocycles. The minimum absolute atomic E-state index is 0.0639. The van der Waals surface area contributed by atoms with Crippen LogP contribution < -0.4 is 10.1 Å². The zero-order chi connectivity index (χ0) is 16.1. The lowest BCUT2D eigenvalue weighted by Crippen LogP contribution is -2.24. The highest BCUT2D eigenvalue weighted by atomic mass is 16.5. The average molecular weight is 311 g/mol. The number of hydrogen-bond acceptors (Lipinski definition) is 4. The van der Waals surface area contributed by atoms with E-state index in [2.05, 4.69) is 17.4 Å². The lowest BCUT2D eigenvalue weighted by atomic mass is 10.0. The van der Waals surface area contributed by atoms with Crippen LogP contribution in [0.4, 0.5) is 0 Å². The third-order valence-electron chi connectivity index (χ3n) is 4.11. The Morgan fingerprint density at radius 2 is 1.87 bits per heavy atom. The van der Waals surface area contributed by atoms with E-state index in [4.69, 9.17) is 9.47 Å². The second-order valence-electron chi connectivity index (χ2n) is 5.79. The summed E-state index contributed by atoms with van der Waals surface area (Å²) in [5.74, 6) is 0.616. The Labute approximate surface area is 136 Å². The molecule has 1 saturated heterocycles. The molecule has 0 amide bonds. The highest BCUT2D eigenvalue weighted by Crippen LogP contribution is 2.18. The summed E-state index contributed by atoms with van der Waals surface area (Å²) >= 11 is 0. The molecular weight excluding hydrogens is 290 g/mol. The van der Waals surface area contributed by atoms with Gasteiger partial charge in [0.15, 0.2) is 0 Å². The van der Waals surface area contributed by atoms with Gasteiger partial charge < -0.3 is 14.8 Å². The number of benzene rings is 2. The second kappa shape index (κ2) is 7.29. The second-order valence-corrected chi connectivity index (χ2v) is 5.79. The highest BCUT2D eigenvalue weighted by Gasteiger charge is 2.27. The molecule has 0 saturated carbocycles. The van der Waals surface area contributed by atoms with Gasteiger partial charge in [0.05, 0.1) is 12.7 Å². The van der Waals surface area contributed by atoms with E-state index >= 15 is 0 Å². The zero-order valence-corrected chi connectivity index (χ0v) is 13.2. The number of carbonyl (C=O) groups is 1. The molecule has 2 atom stereocenters. The summed E-state index contributed by atoms with van der Waals surface area (Å²) in [6.45, 7) is 0.708. The zero-order valence-electron chi connectivity index (χ0n) is 13.2. The summed E-state index contributed by atoms with van der Waals surface area (Å²) in [5, 5.41) is 3.43. The van der Waals surface area contributed by atoms with Gasteiger partial charge in [-0.25, -0.2) is 4.79 Å². The molecule has 0 radical (unpaired) electrons. The maximum Gasteiger partial charge on any atom is 0.338 e. The van der Waals surface area contributed by atoms with Crippen LogP contribution >= 0.6 is 0 Å². The molecule has 0 bridgehead atoms. The molecule has 1 heterocycles. The van der Waals surface area contributed by atoms with E-state index in [1.807, 2.05) is 30.3 Å². The molecule has 1 aliphatic rings. The number of nitrogens with one attached hydrogen (secondary N) is 1. The Kier molecular flexibility index (Phi) is 4.93. The Bertz CT molecular complexity index is 639. The Hall–Kier alpha value is -2.33. The molecule has 23 heavy (non-hydrogen) atoms. The first-order valence-corrected chi connectivity index (χ1v) is 7.87. The van der Waals surface area contributed by atoms with E-state index < -0.39 is 0 Å². The summed E-state index contributed by atoms with van der Waals surface area (Å²) in [6.07, 6.45) is 1.69. The van der Waals surface area contributed by atoms with Gasteiger partial charge in [0.1, 0.15) is 11.9 Å². The molecule has 0 spiro atoms. The van der Waals surface area contributed by atoms with Crippen LogP contribution in [0.15, 0.2) is 54.6 Å². The molecule has 3 rings (SSSR count). The van der Waals surface area contributed by atoms with E-state index in [1.165, 1.54) is 5.56 Å². The van der Waals surface area contributed by atoms with E-state index in [0.717, 1.165) is 18.6 Å². The predicted molar refractivity (Wildman–Crippen MR) is 88.8 cm³/mol. The minimum atomic E-state index is -0.248. The van der Waals surface area contributed by atoms with Crippen molar-refractivity contribution in [3.63, 3.8) is 0 Å². The van der Waals surface area contributed by atoms with Crippen LogP contribution in [-0.2, 0) is 11.2 Å². The topological polar surface area (TPSA) is 47.6 Å². The molecule has 2 unspecified atom stereocenters. The third-order valence-corrected chi connectivity index (χ3v) is 4.11.